The predicted octanol–water partition coefficient (Wildman–Crippen LogP) is 16.4. The van der Waals surface area contributed by atoms with E-state index in [-0.39, 0.29) is 41.7 Å². The summed E-state index contributed by atoms with van der Waals surface area (Å²) in [6, 6.07) is 48.9. The van der Waals surface area contributed by atoms with Crippen LogP contribution in [-0.4, -0.2) is 117 Å². The highest BCUT2D eigenvalue weighted by molar-refractivity contribution is 7.99. The Bertz CT molecular complexity index is 4320. The Morgan fingerprint density at radius 1 is 0.520 bits per heavy atom. The maximum atomic E-state index is 13.4. The number of benzene rings is 6. The fraction of sp³-hybridized carbons (Fsp3) is 0.316. The number of hydrogen-bond acceptors (Lipinski definition) is 15. The normalized spacial score (nSPS) is 11.2. The van der Waals surface area contributed by atoms with Crippen molar-refractivity contribution in [2.24, 2.45) is 0 Å². The van der Waals surface area contributed by atoms with E-state index in [1.54, 1.807) is 41.0 Å². The van der Waals surface area contributed by atoms with Crippen LogP contribution in [0, 0.1) is 13.8 Å². The minimum atomic E-state index is -0.393. The number of hydrogen-bond donors (Lipinski definition) is 7. The molecule has 100 heavy (non-hydrogen) atoms. The first-order valence-corrected chi connectivity index (χ1v) is 35.1. The van der Waals surface area contributed by atoms with Crippen LogP contribution in [0.3, 0.4) is 0 Å². The van der Waals surface area contributed by atoms with Crippen LogP contribution in [0.2, 0.25) is 0 Å². The molecule has 0 aliphatic heterocycles. The zero-order valence-corrected chi connectivity index (χ0v) is 60.7. The number of aryl methyl sites for hydroxylation is 2. The van der Waals surface area contributed by atoms with E-state index in [1.165, 1.54) is 11.8 Å². The summed E-state index contributed by atoms with van der Waals surface area (Å²) in [4.78, 5) is 59.2. The van der Waals surface area contributed by atoms with Gasteiger partial charge >= 0.3 is 12.1 Å². The third kappa shape index (κ3) is 23.0. The number of amides is 6. The van der Waals surface area contributed by atoms with Crippen LogP contribution >= 0.6 is 36.0 Å². The summed E-state index contributed by atoms with van der Waals surface area (Å²) >= 11 is 11.0. The average molecular weight is 1410 g/mol. The summed E-state index contributed by atoms with van der Waals surface area (Å²) in [6.07, 6.45) is 4.35. The molecule has 0 spiro atoms. The Morgan fingerprint density at radius 3 is 1.40 bits per heavy atom. The van der Waals surface area contributed by atoms with Crippen LogP contribution in [0.1, 0.15) is 88.5 Å². The lowest BCUT2D eigenvalue weighted by Crippen LogP contribution is -2.21. The van der Waals surface area contributed by atoms with Crippen molar-refractivity contribution >= 4 is 116 Å². The van der Waals surface area contributed by atoms with Gasteiger partial charge in [-0.3, -0.25) is 20.2 Å². The van der Waals surface area contributed by atoms with Crippen LogP contribution in [0.5, 0.6) is 11.5 Å². The van der Waals surface area contributed by atoms with Crippen molar-refractivity contribution in [3.63, 3.8) is 0 Å². The zero-order chi connectivity index (χ0) is 71.6. The number of methoxy groups -OCH3 is 1. The van der Waals surface area contributed by atoms with E-state index in [1.807, 2.05) is 159 Å². The number of halogens is 1. The first-order valence-electron chi connectivity index (χ1n) is 32.8. The monoisotopic (exact) mass is 1410 g/mol. The van der Waals surface area contributed by atoms with E-state index in [0.717, 1.165) is 91.9 Å². The summed E-state index contributed by atoms with van der Waals surface area (Å²) in [5.74, 6) is 4.53. The molecule has 0 aliphatic rings. The Morgan fingerprint density at radius 2 is 0.970 bits per heavy atom. The molecule has 0 fully saturated rings. The van der Waals surface area contributed by atoms with Crippen LogP contribution in [0.15, 0.2) is 170 Å². The lowest BCUT2D eigenvalue weighted by molar-refractivity contribution is -0.114. The molecule has 0 bridgehead atoms. The molecule has 24 heteroatoms. The van der Waals surface area contributed by atoms with Crippen molar-refractivity contribution in [2.45, 2.75) is 92.8 Å². The van der Waals surface area contributed by atoms with Crippen molar-refractivity contribution in [3.8, 4) is 22.9 Å². The Balaban J connectivity index is 0.000000234. The first kappa shape index (κ1) is 76.3. The molecular formula is C76H89ClN12O9S2. The maximum absolute atomic E-state index is 13.4. The van der Waals surface area contributed by atoms with Gasteiger partial charge in [0.2, 0.25) is 11.8 Å². The van der Waals surface area contributed by atoms with E-state index in [2.05, 4.69) is 103 Å². The van der Waals surface area contributed by atoms with Crippen LogP contribution in [0.25, 0.3) is 32.9 Å². The number of thioether (sulfide) groups is 1. The fourth-order valence-electron chi connectivity index (χ4n) is 9.77. The lowest BCUT2D eigenvalue weighted by atomic mass is 9.92. The molecule has 4 heterocycles. The quantitative estimate of drug-likeness (QED) is 0.0144. The molecule has 6 amide bonds. The SMILES string of the molecule is CCCOCCS.COCCOCCSCC(=O)Nc1cc(COc2ccc(NC(=O)Nc3cc(C(C)(C)C)nn3-c3ccc(C)cc3)c3ccccc23)ccn1.Cc1ccc(-n2nc(C(C)(C)C)cc2NC(=O)Nc2ccc(OCc3ccnc(NC(=O)CCl)c3)c3ccccc23)cc1. The van der Waals surface area contributed by atoms with Gasteiger partial charge in [-0.2, -0.15) is 22.8 Å². The number of pyridine rings is 2. The number of fused-ring (bicyclic) bond motifs is 2. The topological polar surface area (TPSA) is 248 Å². The number of carbonyl (C=O) groups is 4. The minimum Gasteiger partial charge on any atom is -0.488 e. The smallest absolute Gasteiger partial charge is 0.324 e. The largest absolute Gasteiger partial charge is 0.488 e. The molecule has 10 rings (SSSR count). The molecule has 0 saturated carbocycles. The molecule has 0 radical (unpaired) electrons. The second kappa shape index (κ2) is 37.6. The van der Waals surface area contributed by atoms with E-state index in [0.29, 0.717) is 77.5 Å². The molecule has 0 saturated heterocycles. The summed E-state index contributed by atoms with van der Waals surface area (Å²) in [6.45, 7) is 22.5. The van der Waals surface area contributed by atoms with Gasteiger partial charge in [-0.25, -0.2) is 28.9 Å². The number of anilines is 6. The van der Waals surface area contributed by atoms with E-state index >= 15 is 0 Å². The third-order valence-corrected chi connectivity index (χ3v) is 16.3. The summed E-state index contributed by atoms with van der Waals surface area (Å²) in [5.41, 5.74) is 8.23. The van der Waals surface area contributed by atoms with Gasteiger partial charge in [-0.05, 0) is 104 Å². The second-order valence-corrected chi connectivity index (χ2v) is 27.0. The van der Waals surface area contributed by atoms with Crippen molar-refractivity contribution in [1.29, 1.82) is 0 Å². The van der Waals surface area contributed by atoms with Gasteiger partial charge in [0, 0.05) is 82.1 Å². The number of nitrogens with zero attached hydrogens (tertiary/aromatic N) is 6. The molecule has 0 unspecified atom stereocenters. The molecule has 0 atom stereocenters. The van der Waals surface area contributed by atoms with Gasteiger partial charge in [0.25, 0.3) is 0 Å². The number of urea groups is 2. The zero-order valence-electron chi connectivity index (χ0n) is 58.2. The fourth-order valence-corrected chi connectivity index (χ4v) is 10.6. The second-order valence-electron chi connectivity index (χ2n) is 25.2. The van der Waals surface area contributed by atoms with Gasteiger partial charge < -0.3 is 45.0 Å². The molecular weight excluding hydrogens is 1320 g/mol. The number of carbonyl (C=O) groups excluding carboxylic acids is 4. The highest BCUT2D eigenvalue weighted by Gasteiger charge is 2.24. The Hall–Kier alpha value is -9.49. The number of alkyl halides is 1. The predicted molar refractivity (Wildman–Crippen MR) is 407 cm³/mol. The molecule has 10 aromatic rings. The number of rotatable bonds is 27. The van der Waals surface area contributed by atoms with Crippen LogP contribution in [-0.2, 0) is 47.8 Å². The van der Waals surface area contributed by atoms with Crippen molar-refractivity contribution in [3.05, 3.63) is 204 Å². The number of nitrogens with one attached hydrogen (secondary N) is 6. The molecule has 0 aliphatic carbocycles. The Labute approximate surface area is 599 Å². The lowest BCUT2D eigenvalue weighted by Gasteiger charge is -2.15. The van der Waals surface area contributed by atoms with Crippen molar-refractivity contribution in [1.82, 2.24) is 29.5 Å². The average Bonchev–Trinajstić information content (AvgIpc) is 0.914. The highest BCUT2D eigenvalue weighted by atomic mass is 35.5. The Kier molecular flexibility index (Phi) is 28.7. The first-order chi connectivity index (χ1) is 48.1. The van der Waals surface area contributed by atoms with Crippen LogP contribution < -0.4 is 41.4 Å². The third-order valence-electron chi connectivity index (χ3n) is 15.0. The van der Waals surface area contributed by atoms with Crippen molar-refractivity contribution in [2.75, 3.05) is 95.2 Å². The van der Waals surface area contributed by atoms with Crippen molar-refractivity contribution < 1.29 is 42.9 Å². The van der Waals surface area contributed by atoms with Gasteiger partial charge in [0.15, 0.2) is 0 Å². The summed E-state index contributed by atoms with van der Waals surface area (Å²) in [5, 5.41) is 30.4. The number of aromatic nitrogens is 6. The molecule has 21 nitrogen and oxygen atoms in total. The van der Waals surface area contributed by atoms with Gasteiger partial charge in [-0.15, -0.1) is 23.4 Å². The van der Waals surface area contributed by atoms with Gasteiger partial charge in [0.1, 0.15) is 53.9 Å². The molecule has 6 N–H and O–H groups in total. The van der Waals surface area contributed by atoms with Gasteiger partial charge in [-0.1, -0.05) is 132 Å². The minimum absolute atomic E-state index is 0.134. The van der Waals surface area contributed by atoms with E-state index < -0.39 is 12.1 Å². The highest BCUT2D eigenvalue weighted by Crippen LogP contribution is 2.35. The van der Waals surface area contributed by atoms with E-state index in [4.69, 9.17) is 45.5 Å². The molecule has 526 valence electrons. The van der Waals surface area contributed by atoms with Crippen LogP contribution in [0.4, 0.5) is 44.2 Å². The standard InChI is InChI=1S/C38H44N6O5S.C33H33ClN6O3.C5H12OS/c1-26-10-12-28(13-11-26)44-35(23-33(43-44)38(2,3)4)42-37(46)40-31-14-15-32(30-9-7-6-8-29(30)31)49-24-27-16-17-39-34(22-27)41-36(45)25-50-21-20-48-19-18-47-5;1-21-9-11-23(12-10-21)40-30(18-28(39-40)33(2,3)4)38-32(42)36-26-13-14-27(25-8-6-5-7-24(25)26)43-20-22-15-16-35-29(17-22)37-31(41)19-34;1-2-3-6-4-5-7/h6-17,22-23H,18-21,24-25H2,1-5H3,(H,39,41,45)(H2,40,42,46);5-18H,19-20H2,1-4H3,(H,35,37,41)(H2,36,38,42);7H,2-5H2,1H3. The van der Waals surface area contributed by atoms with E-state index in [9.17, 15) is 19.2 Å². The summed E-state index contributed by atoms with van der Waals surface area (Å²) in [7, 11) is 1.63. The number of ether oxygens (including phenoxy) is 5. The molecule has 6 aromatic carbocycles. The molecule has 4 aromatic heterocycles. The summed E-state index contributed by atoms with van der Waals surface area (Å²) < 4.78 is 31.3. The number of thiol groups is 1. The van der Waals surface area contributed by atoms with Gasteiger partial charge in [0.05, 0.1) is 66.3 Å². The maximum Gasteiger partial charge on any atom is 0.324 e.